The summed E-state index contributed by atoms with van der Waals surface area (Å²) in [6.07, 6.45) is 4.54. The molecule has 0 fully saturated rings. The topological polar surface area (TPSA) is 43.8 Å². The van der Waals surface area contributed by atoms with Crippen LogP contribution in [-0.4, -0.2) is 9.55 Å². The molecule has 0 unspecified atom stereocenters. The van der Waals surface area contributed by atoms with Gasteiger partial charge in [-0.1, -0.05) is 13.8 Å². The van der Waals surface area contributed by atoms with E-state index in [9.17, 15) is 0 Å². The minimum atomic E-state index is 0.680. The fourth-order valence-corrected chi connectivity index (χ4v) is 4.32. The molecule has 1 aromatic heterocycles. The predicted octanol–water partition coefficient (Wildman–Crippen LogP) is 3.29. The number of rotatable bonds is 2. The zero-order valence-electron chi connectivity index (χ0n) is 10.9. The van der Waals surface area contributed by atoms with Gasteiger partial charge in [-0.25, -0.2) is 4.98 Å². The number of aromatic nitrogens is 2. The third-order valence-corrected chi connectivity index (χ3v) is 5.16. The van der Waals surface area contributed by atoms with Crippen molar-refractivity contribution in [1.82, 2.24) is 9.55 Å². The molecule has 2 N–H and O–H groups in total. The summed E-state index contributed by atoms with van der Waals surface area (Å²) in [5, 5.41) is 0. The molecular formula is C14H18IN3. The van der Waals surface area contributed by atoms with Crippen LogP contribution < -0.4 is 5.73 Å². The number of nitrogens with zero attached hydrogens (tertiary/aromatic N) is 2. The van der Waals surface area contributed by atoms with Gasteiger partial charge in [0.15, 0.2) is 0 Å². The number of hydrogen-bond acceptors (Lipinski definition) is 2. The van der Waals surface area contributed by atoms with Gasteiger partial charge in [0.2, 0.25) is 5.95 Å². The van der Waals surface area contributed by atoms with Crippen LogP contribution in [0.25, 0.3) is 11.0 Å². The summed E-state index contributed by atoms with van der Waals surface area (Å²) >= 11 is 2.44. The molecule has 18 heavy (non-hydrogen) atoms. The van der Waals surface area contributed by atoms with Gasteiger partial charge in [-0.15, -0.1) is 0 Å². The molecule has 0 bridgehead atoms. The maximum absolute atomic E-state index is 6.07. The minimum absolute atomic E-state index is 0.680. The van der Waals surface area contributed by atoms with Gasteiger partial charge in [-0.2, -0.15) is 0 Å². The quantitative estimate of drug-likeness (QED) is 0.841. The molecule has 1 aromatic carbocycles. The number of halogens is 1. The van der Waals surface area contributed by atoms with E-state index in [0.717, 1.165) is 24.9 Å². The zero-order valence-corrected chi connectivity index (χ0v) is 13.0. The van der Waals surface area contributed by atoms with Crippen molar-refractivity contribution in [2.24, 2.45) is 0 Å². The van der Waals surface area contributed by atoms with Crippen LogP contribution in [0, 0.1) is 3.57 Å². The molecule has 1 aliphatic rings. The first-order chi connectivity index (χ1) is 8.69. The number of imidazole rings is 1. The van der Waals surface area contributed by atoms with E-state index < -0.39 is 0 Å². The first-order valence-electron chi connectivity index (χ1n) is 6.66. The Kier molecular flexibility index (Phi) is 3.00. The van der Waals surface area contributed by atoms with Crippen molar-refractivity contribution in [3.05, 3.63) is 20.3 Å². The summed E-state index contributed by atoms with van der Waals surface area (Å²) in [7, 11) is 0. The second-order valence-corrected chi connectivity index (χ2v) is 5.96. The van der Waals surface area contributed by atoms with Gasteiger partial charge in [-0.3, -0.25) is 0 Å². The molecule has 1 aliphatic heterocycles. The van der Waals surface area contributed by atoms with E-state index in [1.807, 2.05) is 0 Å². The standard InChI is InChI=1S/C14H18IN3/c1-3-8-9(4-2)11(15)12-13-10(8)6-5-7-18(13)14(16)17-12/h3-7H2,1-2H3,(H2,16,17). The van der Waals surface area contributed by atoms with Gasteiger partial charge in [0.05, 0.1) is 5.52 Å². The molecule has 96 valence electrons. The van der Waals surface area contributed by atoms with E-state index in [4.69, 9.17) is 5.73 Å². The lowest BCUT2D eigenvalue weighted by Gasteiger charge is -2.21. The Morgan fingerprint density at radius 1 is 1.28 bits per heavy atom. The van der Waals surface area contributed by atoms with Crippen molar-refractivity contribution in [2.75, 3.05) is 5.73 Å². The fourth-order valence-electron chi connectivity index (χ4n) is 3.23. The lowest BCUT2D eigenvalue weighted by atomic mass is 9.91. The van der Waals surface area contributed by atoms with Crippen molar-refractivity contribution in [3.63, 3.8) is 0 Å². The van der Waals surface area contributed by atoms with E-state index in [-0.39, 0.29) is 0 Å². The van der Waals surface area contributed by atoms with Crippen LogP contribution >= 0.6 is 22.6 Å². The molecule has 4 heteroatoms. The van der Waals surface area contributed by atoms with E-state index >= 15 is 0 Å². The highest BCUT2D eigenvalue weighted by Gasteiger charge is 2.24. The molecule has 0 amide bonds. The molecule has 3 rings (SSSR count). The maximum atomic E-state index is 6.07. The van der Waals surface area contributed by atoms with E-state index in [1.54, 1.807) is 0 Å². The summed E-state index contributed by atoms with van der Waals surface area (Å²) < 4.78 is 3.51. The molecule has 0 atom stereocenters. The van der Waals surface area contributed by atoms with Crippen LogP contribution in [0.3, 0.4) is 0 Å². The number of nitrogen functional groups attached to an aromatic ring is 1. The van der Waals surface area contributed by atoms with E-state index in [0.29, 0.717) is 5.95 Å². The molecule has 2 heterocycles. The van der Waals surface area contributed by atoms with Gasteiger partial charge in [0.1, 0.15) is 5.52 Å². The highest BCUT2D eigenvalue weighted by Crippen LogP contribution is 2.36. The first-order valence-corrected chi connectivity index (χ1v) is 7.74. The van der Waals surface area contributed by atoms with Crippen LogP contribution in [0.1, 0.15) is 37.0 Å². The zero-order chi connectivity index (χ0) is 12.9. The Hall–Kier alpha value is -0.780. The average molecular weight is 355 g/mol. The van der Waals surface area contributed by atoms with Crippen LogP contribution in [0.4, 0.5) is 5.95 Å². The van der Waals surface area contributed by atoms with Gasteiger partial charge in [0, 0.05) is 10.1 Å². The number of aryl methyl sites for hydroxylation is 2. The largest absolute Gasteiger partial charge is 0.369 e. The van der Waals surface area contributed by atoms with E-state index in [2.05, 4.69) is 46.0 Å². The van der Waals surface area contributed by atoms with Gasteiger partial charge >= 0.3 is 0 Å². The van der Waals surface area contributed by atoms with Crippen LogP contribution in [0.2, 0.25) is 0 Å². The molecule has 0 saturated carbocycles. The second-order valence-electron chi connectivity index (χ2n) is 4.88. The average Bonchev–Trinajstić information content (AvgIpc) is 2.73. The Labute approximate surface area is 121 Å². The Bertz CT molecular complexity index is 628. The normalized spacial score (nSPS) is 14.4. The monoisotopic (exact) mass is 355 g/mol. The Balaban J connectivity index is 2.50. The highest BCUT2D eigenvalue weighted by atomic mass is 127. The third kappa shape index (κ3) is 1.51. The number of nitrogens with two attached hydrogens (primary N) is 1. The van der Waals surface area contributed by atoms with E-state index in [1.165, 1.54) is 38.6 Å². The van der Waals surface area contributed by atoms with Crippen molar-refractivity contribution < 1.29 is 0 Å². The molecule has 0 saturated heterocycles. The summed E-state index contributed by atoms with van der Waals surface area (Å²) in [5.74, 6) is 0.680. The van der Waals surface area contributed by atoms with Crippen molar-refractivity contribution in [3.8, 4) is 0 Å². The second kappa shape index (κ2) is 4.40. The number of anilines is 1. The molecule has 0 radical (unpaired) electrons. The van der Waals surface area contributed by atoms with Gasteiger partial charge < -0.3 is 10.3 Å². The Morgan fingerprint density at radius 2 is 2.00 bits per heavy atom. The molecule has 0 aliphatic carbocycles. The van der Waals surface area contributed by atoms with Gasteiger partial charge in [0.25, 0.3) is 0 Å². The predicted molar refractivity (Wildman–Crippen MR) is 83.9 cm³/mol. The highest BCUT2D eigenvalue weighted by molar-refractivity contribution is 14.1. The fraction of sp³-hybridized carbons (Fsp3) is 0.500. The minimum Gasteiger partial charge on any atom is -0.369 e. The number of hydrogen-bond donors (Lipinski definition) is 1. The molecule has 2 aromatic rings. The molecule has 3 nitrogen and oxygen atoms in total. The molecular weight excluding hydrogens is 337 g/mol. The van der Waals surface area contributed by atoms with Crippen LogP contribution in [0.5, 0.6) is 0 Å². The van der Waals surface area contributed by atoms with Crippen LogP contribution in [0.15, 0.2) is 0 Å². The Morgan fingerprint density at radius 3 is 2.67 bits per heavy atom. The SMILES string of the molecule is CCc1c(CC)c2c3c(nc(N)n3CCC2)c1I. The van der Waals surface area contributed by atoms with Crippen molar-refractivity contribution in [2.45, 2.75) is 46.1 Å². The summed E-state index contributed by atoms with van der Waals surface area (Å²) in [6.45, 7) is 5.50. The van der Waals surface area contributed by atoms with Gasteiger partial charge in [-0.05, 0) is 65.0 Å². The lowest BCUT2D eigenvalue weighted by Crippen LogP contribution is -2.13. The lowest BCUT2D eigenvalue weighted by molar-refractivity contribution is 0.635. The summed E-state index contributed by atoms with van der Waals surface area (Å²) in [5.41, 5.74) is 13.0. The first kappa shape index (κ1) is 12.3. The van der Waals surface area contributed by atoms with Crippen LogP contribution in [-0.2, 0) is 25.8 Å². The number of benzene rings is 1. The maximum Gasteiger partial charge on any atom is 0.201 e. The van der Waals surface area contributed by atoms with Crippen molar-refractivity contribution in [1.29, 1.82) is 0 Å². The molecule has 0 spiro atoms. The smallest absolute Gasteiger partial charge is 0.201 e. The van der Waals surface area contributed by atoms with Crippen molar-refractivity contribution >= 4 is 39.6 Å². The summed E-state index contributed by atoms with van der Waals surface area (Å²) in [4.78, 5) is 4.60. The third-order valence-electron chi connectivity index (χ3n) is 4.00. The summed E-state index contributed by atoms with van der Waals surface area (Å²) in [6, 6.07) is 0.